The summed E-state index contributed by atoms with van der Waals surface area (Å²) in [4.78, 5) is 12.9. The molecule has 3 heteroatoms. The van der Waals surface area contributed by atoms with Gasteiger partial charge in [-0.3, -0.25) is 4.79 Å². The van der Waals surface area contributed by atoms with Gasteiger partial charge in [0.25, 0.3) is 0 Å². The van der Waals surface area contributed by atoms with Crippen LogP contribution in [0.2, 0.25) is 0 Å². The Balaban J connectivity index is 2.12. The molecule has 0 aliphatic rings. The first-order valence-electron chi connectivity index (χ1n) is 7.47. The zero-order valence-electron chi connectivity index (χ0n) is 13.1. The average Bonchev–Trinajstić information content (AvgIpc) is 2.84. The van der Waals surface area contributed by atoms with Crippen LogP contribution in [0.3, 0.4) is 0 Å². The van der Waals surface area contributed by atoms with Crippen molar-refractivity contribution in [2.75, 3.05) is 5.73 Å². The zero-order valence-corrected chi connectivity index (χ0v) is 13.1. The van der Waals surface area contributed by atoms with Crippen molar-refractivity contribution in [2.24, 2.45) is 7.05 Å². The lowest BCUT2D eigenvalue weighted by Crippen LogP contribution is -2.04. The summed E-state index contributed by atoms with van der Waals surface area (Å²) >= 11 is 0. The molecule has 0 aliphatic heterocycles. The first-order valence-corrected chi connectivity index (χ1v) is 7.47. The molecule has 0 saturated heterocycles. The highest BCUT2D eigenvalue weighted by Crippen LogP contribution is 2.27. The standard InChI is InChI=1S/C19H20N2O/c1-12(2)15-10-13(8-9-17(15)20)19(22)16-11-21(3)18-7-5-4-6-14(16)18/h4-12H,20H2,1-3H3. The Hall–Kier alpha value is -2.55. The van der Waals surface area contributed by atoms with E-state index in [9.17, 15) is 4.79 Å². The summed E-state index contributed by atoms with van der Waals surface area (Å²) in [5, 5.41) is 0.984. The minimum atomic E-state index is 0.0405. The number of benzene rings is 2. The van der Waals surface area contributed by atoms with Gasteiger partial charge in [-0.2, -0.15) is 0 Å². The van der Waals surface area contributed by atoms with Crippen LogP contribution >= 0.6 is 0 Å². The molecule has 3 aromatic rings. The van der Waals surface area contributed by atoms with Crippen LogP contribution in [-0.2, 0) is 7.05 Å². The number of nitrogens with zero attached hydrogens (tertiary/aromatic N) is 1. The number of para-hydroxylation sites is 1. The highest BCUT2D eigenvalue weighted by Gasteiger charge is 2.17. The van der Waals surface area contributed by atoms with Gasteiger partial charge < -0.3 is 10.3 Å². The summed E-state index contributed by atoms with van der Waals surface area (Å²) in [6.07, 6.45) is 1.90. The van der Waals surface area contributed by atoms with Gasteiger partial charge in [0.1, 0.15) is 0 Å². The SMILES string of the molecule is CC(C)c1cc(C(=O)c2cn(C)c3ccccc23)ccc1N. The molecule has 2 N–H and O–H groups in total. The topological polar surface area (TPSA) is 48.0 Å². The number of anilines is 1. The number of nitrogens with two attached hydrogens (primary N) is 1. The number of hydrogen-bond donors (Lipinski definition) is 1. The maximum absolute atomic E-state index is 12.9. The number of ketones is 1. The molecule has 0 amide bonds. The molecule has 3 rings (SSSR count). The molecule has 3 nitrogen and oxygen atoms in total. The third kappa shape index (κ3) is 2.29. The lowest BCUT2D eigenvalue weighted by Gasteiger charge is -2.11. The highest BCUT2D eigenvalue weighted by atomic mass is 16.1. The molecule has 1 aromatic heterocycles. The van der Waals surface area contributed by atoms with Crippen molar-refractivity contribution in [3.05, 3.63) is 65.4 Å². The average molecular weight is 292 g/mol. The van der Waals surface area contributed by atoms with Crippen molar-refractivity contribution < 1.29 is 4.79 Å². The van der Waals surface area contributed by atoms with E-state index in [1.165, 1.54) is 0 Å². The van der Waals surface area contributed by atoms with Crippen LogP contribution in [0.15, 0.2) is 48.7 Å². The Bertz CT molecular complexity index is 859. The summed E-state index contributed by atoms with van der Waals surface area (Å²) in [5.74, 6) is 0.332. The fraction of sp³-hybridized carbons (Fsp3) is 0.211. The molecule has 0 aliphatic carbocycles. The molecular weight excluding hydrogens is 272 g/mol. The van der Waals surface area contributed by atoms with Crippen molar-refractivity contribution in [1.82, 2.24) is 4.57 Å². The lowest BCUT2D eigenvalue weighted by atomic mass is 9.95. The summed E-state index contributed by atoms with van der Waals surface area (Å²) in [6.45, 7) is 4.16. The fourth-order valence-electron chi connectivity index (χ4n) is 2.89. The number of hydrogen-bond acceptors (Lipinski definition) is 2. The number of aromatic nitrogens is 1. The minimum Gasteiger partial charge on any atom is -0.398 e. The van der Waals surface area contributed by atoms with Crippen molar-refractivity contribution in [2.45, 2.75) is 19.8 Å². The Morgan fingerprint density at radius 2 is 1.86 bits per heavy atom. The largest absolute Gasteiger partial charge is 0.398 e. The molecule has 0 saturated carbocycles. The maximum Gasteiger partial charge on any atom is 0.195 e. The molecule has 1 heterocycles. The van der Waals surface area contributed by atoms with Crippen LogP contribution < -0.4 is 5.73 Å². The summed E-state index contributed by atoms with van der Waals surface area (Å²) < 4.78 is 1.99. The summed E-state index contributed by atoms with van der Waals surface area (Å²) in [5.41, 5.74) is 10.3. The summed E-state index contributed by atoms with van der Waals surface area (Å²) in [7, 11) is 1.96. The van der Waals surface area contributed by atoms with E-state index in [1.54, 1.807) is 0 Å². The molecule has 0 fully saturated rings. The number of fused-ring (bicyclic) bond motifs is 1. The molecule has 0 atom stereocenters. The Kier molecular flexibility index (Phi) is 3.49. The van der Waals surface area contributed by atoms with Gasteiger partial charge in [-0.1, -0.05) is 32.0 Å². The van der Waals surface area contributed by atoms with Gasteiger partial charge in [-0.05, 0) is 35.7 Å². The second-order valence-corrected chi connectivity index (χ2v) is 6.00. The van der Waals surface area contributed by atoms with Crippen molar-refractivity contribution in [1.29, 1.82) is 0 Å². The van der Waals surface area contributed by atoms with Gasteiger partial charge in [0.15, 0.2) is 5.78 Å². The van der Waals surface area contributed by atoms with Gasteiger partial charge >= 0.3 is 0 Å². The zero-order chi connectivity index (χ0) is 15.9. The first-order chi connectivity index (χ1) is 10.5. The monoisotopic (exact) mass is 292 g/mol. The van der Waals surface area contributed by atoms with Gasteiger partial charge in [0, 0.05) is 41.0 Å². The predicted molar refractivity (Wildman–Crippen MR) is 91.3 cm³/mol. The van der Waals surface area contributed by atoms with Crippen LogP contribution in [-0.4, -0.2) is 10.4 Å². The van der Waals surface area contributed by atoms with Crippen LogP contribution in [0, 0.1) is 0 Å². The van der Waals surface area contributed by atoms with Gasteiger partial charge in [-0.15, -0.1) is 0 Å². The molecule has 22 heavy (non-hydrogen) atoms. The van der Waals surface area contributed by atoms with Crippen molar-refractivity contribution >= 4 is 22.4 Å². The summed E-state index contributed by atoms with van der Waals surface area (Å²) in [6, 6.07) is 13.5. The second kappa shape index (κ2) is 5.34. The minimum absolute atomic E-state index is 0.0405. The number of aryl methyl sites for hydroxylation is 1. The molecule has 0 spiro atoms. The Morgan fingerprint density at radius 1 is 1.14 bits per heavy atom. The molecule has 0 unspecified atom stereocenters. The Labute approximate surface area is 130 Å². The second-order valence-electron chi connectivity index (χ2n) is 6.00. The number of nitrogen functional groups attached to an aromatic ring is 1. The molecule has 0 radical (unpaired) electrons. The van der Waals surface area contributed by atoms with Crippen molar-refractivity contribution in [3.8, 4) is 0 Å². The van der Waals surface area contributed by atoms with E-state index in [0.29, 0.717) is 11.5 Å². The van der Waals surface area contributed by atoms with Gasteiger partial charge in [0.2, 0.25) is 0 Å². The van der Waals surface area contributed by atoms with Crippen LogP contribution in [0.25, 0.3) is 10.9 Å². The van der Waals surface area contributed by atoms with E-state index in [0.717, 1.165) is 27.7 Å². The first kappa shape index (κ1) is 14.4. The van der Waals surface area contributed by atoms with E-state index in [2.05, 4.69) is 13.8 Å². The van der Waals surface area contributed by atoms with E-state index >= 15 is 0 Å². The number of carbonyl (C=O) groups is 1. The van der Waals surface area contributed by atoms with E-state index in [1.807, 2.05) is 60.3 Å². The smallest absolute Gasteiger partial charge is 0.195 e. The molecule has 2 aromatic carbocycles. The molecule has 0 bridgehead atoms. The third-order valence-electron chi connectivity index (χ3n) is 4.11. The quantitative estimate of drug-likeness (QED) is 0.583. The number of rotatable bonds is 3. The highest BCUT2D eigenvalue weighted by molar-refractivity contribution is 6.16. The third-order valence-corrected chi connectivity index (χ3v) is 4.11. The van der Waals surface area contributed by atoms with E-state index < -0.39 is 0 Å². The normalized spacial score (nSPS) is 11.3. The number of carbonyl (C=O) groups excluding carboxylic acids is 1. The van der Waals surface area contributed by atoms with Gasteiger partial charge in [-0.25, -0.2) is 0 Å². The van der Waals surface area contributed by atoms with Crippen molar-refractivity contribution in [3.63, 3.8) is 0 Å². The lowest BCUT2D eigenvalue weighted by molar-refractivity contribution is 0.104. The van der Waals surface area contributed by atoms with E-state index in [-0.39, 0.29) is 5.78 Å². The maximum atomic E-state index is 12.9. The molecule has 112 valence electrons. The Morgan fingerprint density at radius 3 is 2.59 bits per heavy atom. The predicted octanol–water partition coefficient (Wildman–Crippen LogP) is 4.11. The van der Waals surface area contributed by atoms with Crippen LogP contribution in [0.4, 0.5) is 5.69 Å². The van der Waals surface area contributed by atoms with Gasteiger partial charge in [0.05, 0.1) is 0 Å². The van der Waals surface area contributed by atoms with Crippen LogP contribution in [0.1, 0.15) is 41.3 Å². The fourth-order valence-corrected chi connectivity index (χ4v) is 2.89. The molecular formula is C19H20N2O. The van der Waals surface area contributed by atoms with E-state index in [4.69, 9.17) is 5.73 Å². The van der Waals surface area contributed by atoms with Crippen LogP contribution in [0.5, 0.6) is 0 Å².